The fraction of sp³-hybridized carbons (Fsp3) is 0.786. The highest BCUT2D eigenvalue weighted by Gasteiger charge is 2.27. The van der Waals surface area contributed by atoms with Crippen molar-refractivity contribution in [2.75, 3.05) is 13.1 Å². The van der Waals surface area contributed by atoms with Crippen LogP contribution in [0.4, 0.5) is 0 Å². The molecule has 1 heterocycles. The Kier molecular flexibility index (Phi) is 6.48. The van der Waals surface area contributed by atoms with Crippen LogP contribution in [0.2, 0.25) is 0 Å². The zero-order valence-electron chi connectivity index (χ0n) is 12.2. The Balaban J connectivity index is 2.28. The van der Waals surface area contributed by atoms with E-state index in [0.29, 0.717) is 38.8 Å². The molecule has 114 valence electrons. The van der Waals surface area contributed by atoms with Crippen molar-refractivity contribution in [2.45, 2.75) is 52.0 Å². The third kappa shape index (κ3) is 5.59. The predicted molar refractivity (Wildman–Crippen MR) is 74.1 cm³/mol. The first-order valence-electron chi connectivity index (χ1n) is 7.20. The van der Waals surface area contributed by atoms with Crippen LogP contribution in [-0.2, 0) is 14.4 Å². The third-order valence-corrected chi connectivity index (χ3v) is 3.37. The van der Waals surface area contributed by atoms with E-state index in [-0.39, 0.29) is 17.9 Å². The Hall–Kier alpha value is -1.59. The monoisotopic (exact) mass is 284 g/mol. The quantitative estimate of drug-likeness (QED) is 0.762. The molecule has 1 fully saturated rings. The lowest BCUT2D eigenvalue weighted by Crippen LogP contribution is -2.42. The molecule has 1 aliphatic rings. The summed E-state index contributed by atoms with van der Waals surface area (Å²) in [5.74, 6) is -1.38. The number of nitrogens with one attached hydrogen (secondary N) is 1. The Morgan fingerprint density at radius 3 is 2.60 bits per heavy atom. The molecular weight excluding hydrogens is 260 g/mol. The molecule has 1 unspecified atom stereocenters. The molecule has 1 atom stereocenters. The number of nitrogens with zero attached hydrogens (tertiary/aromatic N) is 1. The van der Waals surface area contributed by atoms with Gasteiger partial charge in [0.25, 0.3) is 0 Å². The van der Waals surface area contributed by atoms with E-state index in [4.69, 9.17) is 5.11 Å². The molecule has 2 N–H and O–H groups in total. The number of aliphatic carboxylic acids is 1. The lowest BCUT2D eigenvalue weighted by atomic mass is 9.98. The van der Waals surface area contributed by atoms with E-state index < -0.39 is 11.9 Å². The average molecular weight is 284 g/mol. The highest BCUT2D eigenvalue weighted by atomic mass is 16.4. The van der Waals surface area contributed by atoms with Crippen LogP contribution in [0.15, 0.2) is 0 Å². The molecule has 6 nitrogen and oxygen atoms in total. The van der Waals surface area contributed by atoms with E-state index in [2.05, 4.69) is 5.32 Å². The second-order valence-electron chi connectivity index (χ2n) is 5.59. The first-order valence-corrected chi connectivity index (χ1v) is 7.20. The van der Waals surface area contributed by atoms with Crippen LogP contribution in [0, 0.1) is 5.92 Å². The number of amides is 2. The summed E-state index contributed by atoms with van der Waals surface area (Å²) < 4.78 is 0. The van der Waals surface area contributed by atoms with E-state index in [0.717, 1.165) is 6.42 Å². The molecule has 0 saturated carbocycles. The molecule has 1 rings (SSSR count). The van der Waals surface area contributed by atoms with Crippen molar-refractivity contribution < 1.29 is 19.5 Å². The van der Waals surface area contributed by atoms with Gasteiger partial charge in [-0.25, -0.2) is 0 Å². The molecule has 0 aliphatic carbocycles. The van der Waals surface area contributed by atoms with Gasteiger partial charge in [0.2, 0.25) is 11.8 Å². The number of hydrogen-bond donors (Lipinski definition) is 2. The molecule has 6 heteroatoms. The van der Waals surface area contributed by atoms with Crippen molar-refractivity contribution in [1.29, 1.82) is 0 Å². The number of likely N-dealkylation sites (tertiary alicyclic amines) is 1. The van der Waals surface area contributed by atoms with Gasteiger partial charge in [0.1, 0.15) is 0 Å². The first kappa shape index (κ1) is 16.5. The van der Waals surface area contributed by atoms with Crippen molar-refractivity contribution >= 4 is 17.8 Å². The van der Waals surface area contributed by atoms with E-state index in [1.807, 2.05) is 13.8 Å². The summed E-state index contributed by atoms with van der Waals surface area (Å²) in [4.78, 5) is 36.0. The van der Waals surface area contributed by atoms with Gasteiger partial charge in [0, 0.05) is 32.0 Å². The molecule has 20 heavy (non-hydrogen) atoms. The maximum Gasteiger partial charge on any atom is 0.308 e. The molecular formula is C14H24N2O4. The van der Waals surface area contributed by atoms with Gasteiger partial charge in [-0.1, -0.05) is 0 Å². The maximum atomic E-state index is 12.0. The van der Waals surface area contributed by atoms with E-state index in [1.165, 1.54) is 0 Å². The smallest absolute Gasteiger partial charge is 0.308 e. The summed E-state index contributed by atoms with van der Waals surface area (Å²) in [5.41, 5.74) is 0. The van der Waals surface area contributed by atoms with Gasteiger partial charge in [-0.2, -0.15) is 0 Å². The van der Waals surface area contributed by atoms with Crippen LogP contribution in [-0.4, -0.2) is 46.9 Å². The van der Waals surface area contributed by atoms with Gasteiger partial charge in [-0.3, -0.25) is 14.4 Å². The molecule has 0 aromatic heterocycles. The molecule has 0 aromatic carbocycles. The summed E-state index contributed by atoms with van der Waals surface area (Å²) >= 11 is 0. The number of rotatable bonds is 6. The normalized spacial score (nSPS) is 18.9. The minimum Gasteiger partial charge on any atom is -0.481 e. The number of carbonyl (C=O) groups excluding carboxylic acids is 2. The molecule has 1 aliphatic heterocycles. The summed E-state index contributed by atoms with van der Waals surface area (Å²) in [5, 5.41) is 11.8. The molecule has 1 saturated heterocycles. The zero-order chi connectivity index (χ0) is 15.1. The Labute approximate surface area is 119 Å². The number of piperidine rings is 1. The van der Waals surface area contributed by atoms with Crippen LogP contribution >= 0.6 is 0 Å². The van der Waals surface area contributed by atoms with E-state index in [9.17, 15) is 14.4 Å². The standard InChI is InChI=1S/C14H24N2O4/c1-10(2)15-12(17)6-3-7-13(18)16-8-4-5-11(9-16)14(19)20/h10-11H,3-9H2,1-2H3,(H,15,17)(H,19,20). The summed E-state index contributed by atoms with van der Waals surface area (Å²) in [7, 11) is 0. The highest BCUT2D eigenvalue weighted by molar-refractivity contribution is 5.80. The lowest BCUT2D eigenvalue weighted by molar-refractivity contribution is -0.145. The molecule has 2 amide bonds. The summed E-state index contributed by atoms with van der Waals surface area (Å²) in [6.45, 7) is 4.71. The second-order valence-corrected chi connectivity index (χ2v) is 5.59. The number of carbonyl (C=O) groups is 3. The summed E-state index contributed by atoms with van der Waals surface area (Å²) in [6.07, 6.45) is 2.51. The van der Waals surface area contributed by atoms with Crippen LogP contribution < -0.4 is 5.32 Å². The van der Waals surface area contributed by atoms with Crippen LogP contribution in [0.3, 0.4) is 0 Å². The van der Waals surface area contributed by atoms with Gasteiger partial charge < -0.3 is 15.3 Å². The predicted octanol–water partition coefficient (Wildman–Crippen LogP) is 1.00. The Morgan fingerprint density at radius 1 is 1.30 bits per heavy atom. The topological polar surface area (TPSA) is 86.7 Å². The highest BCUT2D eigenvalue weighted by Crippen LogP contribution is 2.17. The minimum atomic E-state index is -0.834. The largest absolute Gasteiger partial charge is 0.481 e. The fourth-order valence-electron chi connectivity index (χ4n) is 2.36. The van der Waals surface area contributed by atoms with Crippen molar-refractivity contribution in [1.82, 2.24) is 10.2 Å². The average Bonchev–Trinajstić information content (AvgIpc) is 2.37. The molecule has 0 bridgehead atoms. The lowest BCUT2D eigenvalue weighted by Gasteiger charge is -2.30. The van der Waals surface area contributed by atoms with Crippen LogP contribution in [0.25, 0.3) is 0 Å². The van der Waals surface area contributed by atoms with Gasteiger partial charge in [0.15, 0.2) is 0 Å². The minimum absolute atomic E-state index is 0.0464. The van der Waals surface area contributed by atoms with Crippen molar-refractivity contribution in [3.8, 4) is 0 Å². The van der Waals surface area contributed by atoms with Crippen molar-refractivity contribution in [3.05, 3.63) is 0 Å². The van der Waals surface area contributed by atoms with Crippen LogP contribution in [0.5, 0.6) is 0 Å². The number of carboxylic acids is 1. The maximum absolute atomic E-state index is 12.0. The molecule has 0 spiro atoms. The van der Waals surface area contributed by atoms with Crippen molar-refractivity contribution in [3.63, 3.8) is 0 Å². The van der Waals surface area contributed by atoms with E-state index in [1.54, 1.807) is 4.90 Å². The van der Waals surface area contributed by atoms with Gasteiger partial charge >= 0.3 is 5.97 Å². The van der Waals surface area contributed by atoms with Crippen LogP contribution in [0.1, 0.15) is 46.0 Å². The van der Waals surface area contributed by atoms with Gasteiger partial charge in [-0.15, -0.1) is 0 Å². The summed E-state index contributed by atoms with van der Waals surface area (Å²) in [6, 6.07) is 0.108. The Morgan fingerprint density at radius 2 is 2.00 bits per heavy atom. The first-order chi connectivity index (χ1) is 9.40. The fourth-order valence-corrected chi connectivity index (χ4v) is 2.36. The number of carboxylic acid groups (broad SMARTS) is 1. The van der Waals surface area contributed by atoms with E-state index >= 15 is 0 Å². The molecule has 0 aromatic rings. The SMILES string of the molecule is CC(C)NC(=O)CCCC(=O)N1CCCC(C(=O)O)C1. The zero-order valence-corrected chi connectivity index (χ0v) is 12.2. The second kappa shape index (κ2) is 7.87. The van der Waals surface area contributed by atoms with Crippen molar-refractivity contribution in [2.24, 2.45) is 5.92 Å². The Bertz CT molecular complexity index is 368. The third-order valence-electron chi connectivity index (χ3n) is 3.37. The molecule has 0 radical (unpaired) electrons. The van der Waals surface area contributed by atoms with Gasteiger partial charge in [0.05, 0.1) is 5.92 Å². The number of hydrogen-bond acceptors (Lipinski definition) is 3. The van der Waals surface area contributed by atoms with Gasteiger partial charge in [-0.05, 0) is 33.1 Å².